The standard InChI is InChI=1S/C28H22N2O2S3/c1-17-7-9-21(31)19(13-17)15-29-25-26(30-16-20-14-18(2)8-10-22(20)32)28(24-6-4-12-34-24)35-27(25)23-5-3-11-33-23/h3-16,31-32H,1-2H3. The van der Waals surface area contributed by atoms with Gasteiger partial charge in [-0.25, -0.2) is 0 Å². The van der Waals surface area contributed by atoms with Gasteiger partial charge in [0.15, 0.2) is 0 Å². The van der Waals surface area contributed by atoms with Gasteiger partial charge in [-0.15, -0.1) is 34.0 Å². The molecule has 0 aliphatic rings. The minimum absolute atomic E-state index is 0.181. The van der Waals surface area contributed by atoms with E-state index in [1.165, 1.54) is 0 Å². The molecule has 4 nitrogen and oxygen atoms in total. The van der Waals surface area contributed by atoms with Gasteiger partial charge in [0.2, 0.25) is 0 Å². The summed E-state index contributed by atoms with van der Waals surface area (Å²) in [6.07, 6.45) is 3.39. The zero-order valence-corrected chi connectivity index (χ0v) is 21.5. The van der Waals surface area contributed by atoms with Crippen LogP contribution in [-0.2, 0) is 0 Å². The van der Waals surface area contributed by atoms with Crippen LogP contribution in [-0.4, -0.2) is 22.6 Å². The van der Waals surface area contributed by atoms with E-state index in [-0.39, 0.29) is 11.5 Å². The van der Waals surface area contributed by atoms with E-state index < -0.39 is 0 Å². The van der Waals surface area contributed by atoms with Gasteiger partial charge in [0, 0.05) is 33.3 Å². The molecule has 35 heavy (non-hydrogen) atoms. The Bertz CT molecular complexity index is 1410. The first-order valence-corrected chi connectivity index (χ1v) is 13.5. The van der Waals surface area contributed by atoms with Crippen LogP contribution in [0.1, 0.15) is 22.3 Å². The number of aryl methyl sites for hydroxylation is 2. The highest BCUT2D eigenvalue weighted by Crippen LogP contribution is 2.54. The highest BCUT2D eigenvalue weighted by atomic mass is 32.1. The average molecular weight is 515 g/mol. The molecule has 0 unspecified atom stereocenters. The zero-order valence-electron chi connectivity index (χ0n) is 19.1. The molecule has 0 saturated heterocycles. The predicted octanol–water partition coefficient (Wildman–Crippen LogP) is 8.73. The molecule has 0 bridgehead atoms. The summed E-state index contributed by atoms with van der Waals surface area (Å²) in [5.41, 5.74) is 4.87. The van der Waals surface area contributed by atoms with Gasteiger partial charge in [-0.05, 0) is 61.0 Å². The number of phenols is 2. The number of benzene rings is 2. The van der Waals surface area contributed by atoms with Crippen LogP contribution in [0.25, 0.3) is 19.5 Å². The monoisotopic (exact) mass is 514 g/mol. The second-order valence-corrected chi connectivity index (χ2v) is 11.0. The molecule has 3 aromatic heterocycles. The van der Waals surface area contributed by atoms with Crippen LogP contribution in [0.2, 0.25) is 0 Å². The summed E-state index contributed by atoms with van der Waals surface area (Å²) in [7, 11) is 0. The maximum atomic E-state index is 10.4. The molecular formula is C28H22N2O2S3. The largest absolute Gasteiger partial charge is 0.507 e. The average Bonchev–Trinajstić information content (AvgIpc) is 3.61. The normalized spacial score (nSPS) is 11.7. The smallest absolute Gasteiger partial charge is 0.124 e. The van der Waals surface area contributed by atoms with Crippen LogP contribution >= 0.6 is 34.0 Å². The molecule has 3 heterocycles. The highest BCUT2D eigenvalue weighted by Gasteiger charge is 2.21. The summed E-state index contributed by atoms with van der Waals surface area (Å²) in [4.78, 5) is 14.0. The quantitative estimate of drug-likeness (QED) is 0.223. The Kier molecular flexibility index (Phi) is 6.63. The second kappa shape index (κ2) is 10.00. The van der Waals surface area contributed by atoms with Gasteiger partial charge in [0.05, 0.1) is 9.75 Å². The third-order valence-corrected chi connectivity index (χ3v) is 8.65. The van der Waals surface area contributed by atoms with Crippen molar-refractivity contribution in [2.45, 2.75) is 13.8 Å². The molecule has 0 spiro atoms. The van der Waals surface area contributed by atoms with Gasteiger partial charge in [0.1, 0.15) is 22.9 Å². The minimum atomic E-state index is 0.181. The van der Waals surface area contributed by atoms with Crippen molar-refractivity contribution in [2.75, 3.05) is 0 Å². The number of nitrogens with zero attached hydrogens (tertiary/aromatic N) is 2. The van der Waals surface area contributed by atoms with Crippen molar-refractivity contribution in [3.8, 4) is 31.0 Å². The molecule has 0 fully saturated rings. The highest BCUT2D eigenvalue weighted by molar-refractivity contribution is 7.26. The fourth-order valence-electron chi connectivity index (χ4n) is 3.63. The first-order chi connectivity index (χ1) is 17.0. The third-order valence-electron chi connectivity index (χ3n) is 5.38. The van der Waals surface area contributed by atoms with Crippen molar-refractivity contribution in [1.82, 2.24) is 0 Å². The molecule has 0 aliphatic heterocycles. The number of hydrogen-bond donors (Lipinski definition) is 2. The number of aliphatic imine (C=N–C) groups is 2. The molecule has 2 N–H and O–H groups in total. The second-order valence-electron chi connectivity index (χ2n) is 8.05. The SMILES string of the molecule is Cc1ccc(O)c(C=Nc2c(-c3cccs3)sc(-c3cccs3)c2N=Cc2cc(C)ccc2O)c1. The van der Waals surface area contributed by atoms with Crippen LogP contribution in [0, 0.1) is 13.8 Å². The summed E-state index contributed by atoms with van der Waals surface area (Å²) in [5.74, 6) is 0.362. The number of hydrogen-bond acceptors (Lipinski definition) is 7. The molecule has 0 amide bonds. The van der Waals surface area contributed by atoms with Gasteiger partial charge in [-0.2, -0.15) is 0 Å². The Labute approximate surface area is 215 Å². The first kappa shape index (κ1) is 23.2. The summed E-state index contributed by atoms with van der Waals surface area (Å²) < 4.78 is 0. The number of phenolic OH excluding ortho intramolecular Hbond substituents is 2. The fraction of sp³-hybridized carbons (Fsp3) is 0.0714. The van der Waals surface area contributed by atoms with Crippen molar-refractivity contribution in [3.05, 3.63) is 93.7 Å². The summed E-state index contributed by atoms with van der Waals surface area (Å²) in [5, 5.41) is 24.8. The van der Waals surface area contributed by atoms with E-state index in [0.717, 1.165) is 42.0 Å². The number of rotatable bonds is 6. The Morgan fingerprint density at radius 1 is 0.657 bits per heavy atom. The Hall–Kier alpha value is -3.52. The molecule has 7 heteroatoms. The van der Waals surface area contributed by atoms with E-state index in [1.807, 2.05) is 61.0 Å². The summed E-state index contributed by atoms with van der Waals surface area (Å²) in [6, 6.07) is 19.1. The molecule has 174 valence electrons. The fourth-order valence-corrected chi connectivity index (χ4v) is 6.53. The van der Waals surface area contributed by atoms with E-state index in [2.05, 4.69) is 12.1 Å². The minimum Gasteiger partial charge on any atom is -0.507 e. The Morgan fingerprint density at radius 2 is 1.11 bits per heavy atom. The molecule has 0 saturated carbocycles. The van der Waals surface area contributed by atoms with Gasteiger partial charge in [0.25, 0.3) is 0 Å². The van der Waals surface area contributed by atoms with Gasteiger partial charge >= 0.3 is 0 Å². The molecule has 0 atom stereocenters. The van der Waals surface area contributed by atoms with Gasteiger partial charge in [-0.3, -0.25) is 9.98 Å². The third kappa shape index (κ3) is 4.98. The molecule has 0 aliphatic carbocycles. The van der Waals surface area contributed by atoms with Crippen LogP contribution in [0.5, 0.6) is 11.5 Å². The van der Waals surface area contributed by atoms with Crippen LogP contribution < -0.4 is 0 Å². The van der Waals surface area contributed by atoms with E-state index in [9.17, 15) is 10.2 Å². The maximum Gasteiger partial charge on any atom is 0.124 e. The van der Waals surface area contributed by atoms with Crippen LogP contribution in [0.3, 0.4) is 0 Å². The van der Waals surface area contributed by atoms with Gasteiger partial charge in [-0.1, -0.05) is 35.4 Å². The molecule has 0 radical (unpaired) electrons. The van der Waals surface area contributed by atoms with E-state index in [1.54, 1.807) is 58.6 Å². The topological polar surface area (TPSA) is 65.2 Å². The lowest BCUT2D eigenvalue weighted by Crippen LogP contribution is -1.85. The molecule has 5 aromatic rings. The van der Waals surface area contributed by atoms with E-state index >= 15 is 0 Å². The van der Waals surface area contributed by atoms with Crippen molar-refractivity contribution in [3.63, 3.8) is 0 Å². The summed E-state index contributed by atoms with van der Waals surface area (Å²) in [6.45, 7) is 3.97. The lowest BCUT2D eigenvalue weighted by atomic mass is 10.1. The summed E-state index contributed by atoms with van der Waals surface area (Å²) >= 11 is 4.96. The van der Waals surface area contributed by atoms with E-state index in [4.69, 9.17) is 9.98 Å². The van der Waals surface area contributed by atoms with Crippen LogP contribution in [0.15, 0.2) is 81.4 Å². The lowest BCUT2D eigenvalue weighted by molar-refractivity contribution is 0.474. The van der Waals surface area contributed by atoms with Crippen molar-refractivity contribution in [2.24, 2.45) is 9.98 Å². The van der Waals surface area contributed by atoms with E-state index in [0.29, 0.717) is 11.1 Å². The molecule has 2 aromatic carbocycles. The Balaban J connectivity index is 1.71. The zero-order chi connectivity index (χ0) is 24.4. The van der Waals surface area contributed by atoms with Crippen molar-refractivity contribution >= 4 is 57.8 Å². The molecular weight excluding hydrogens is 493 g/mol. The number of thiophene rings is 3. The lowest BCUT2D eigenvalue weighted by Gasteiger charge is -2.03. The molecule has 5 rings (SSSR count). The van der Waals surface area contributed by atoms with Crippen molar-refractivity contribution < 1.29 is 10.2 Å². The van der Waals surface area contributed by atoms with Gasteiger partial charge < -0.3 is 10.2 Å². The number of aromatic hydroxyl groups is 2. The van der Waals surface area contributed by atoms with Crippen LogP contribution in [0.4, 0.5) is 11.4 Å². The maximum absolute atomic E-state index is 10.4. The predicted molar refractivity (Wildman–Crippen MR) is 151 cm³/mol. The first-order valence-electron chi connectivity index (χ1n) is 10.9. The van der Waals surface area contributed by atoms with Crippen molar-refractivity contribution in [1.29, 1.82) is 0 Å². The Morgan fingerprint density at radius 3 is 1.51 bits per heavy atom.